The van der Waals surface area contributed by atoms with Gasteiger partial charge < -0.3 is 20.1 Å². The number of carbonyl (C=O) groups is 1. The van der Waals surface area contributed by atoms with Crippen LogP contribution in [0, 0.1) is 17.3 Å². The summed E-state index contributed by atoms with van der Waals surface area (Å²) in [6.07, 6.45) is 7.22. The van der Waals surface area contributed by atoms with Crippen molar-refractivity contribution in [3.05, 3.63) is 0 Å². The monoisotopic (exact) mass is 327 g/mol. The van der Waals surface area contributed by atoms with Crippen molar-refractivity contribution in [3.8, 4) is 0 Å². The summed E-state index contributed by atoms with van der Waals surface area (Å²) >= 11 is 0. The third kappa shape index (κ3) is 7.68. The van der Waals surface area contributed by atoms with Crippen molar-refractivity contribution in [1.82, 2.24) is 4.90 Å². The Labute approximate surface area is 141 Å². The van der Waals surface area contributed by atoms with Crippen LogP contribution >= 0.6 is 0 Å². The number of likely N-dealkylation sites (tertiary alicyclic amines) is 1. The van der Waals surface area contributed by atoms with Crippen molar-refractivity contribution >= 4 is 13.1 Å². The molecule has 0 radical (unpaired) electrons. The maximum Gasteiger partial charge on any atom is 0.451 e. The van der Waals surface area contributed by atoms with Gasteiger partial charge in [0, 0.05) is 6.54 Å². The quantitative estimate of drug-likeness (QED) is 0.691. The predicted molar refractivity (Wildman–Crippen MR) is 93.2 cm³/mol. The van der Waals surface area contributed by atoms with Crippen LogP contribution in [-0.2, 0) is 4.79 Å². The zero-order chi connectivity index (χ0) is 17.5. The molecule has 0 aromatic heterocycles. The molecule has 2 aliphatic rings. The molecule has 3 N–H and O–H groups in total. The second kappa shape index (κ2) is 9.65. The first-order chi connectivity index (χ1) is 10.7. The van der Waals surface area contributed by atoms with Crippen molar-refractivity contribution in [2.45, 2.75) is 65.6 Å². The summed E-state index contributed by atoms with van der Waals surface area (Å²) in [5, 5.41) is 25.1. The first-order valence-corrected chi connectivity index (χ1v) is 9.06. The number of carboxylic acids is 1. The fraction of sp³-hybridized carbons (Fsp3) is 0.941. The van der Waals surface area contributed by atoms with E-state index < -0.39 is 13.1 Å². The van der Waals surface area contributed by atoms with Crippen LogP contribution in [0.3, 0.4) is 0 Å². The van der Waals surface area contributed by atoms with Crippen molar-refractivity contribution < 1.29 is 19.9 Å². The van der Waals surface area contributed by atoms with E-state index in [1.165, 1.54) is 19.3 Å². The van der Waals surface area contributed by atoms with Crippen LogP contribution < -0.4 is 0 Å². The van der Waals surface area contributed by atoms with Crippen LogP contribution in [0.2, 0.25) is 6.32 Å². The maximum atomic E-state index is 11.3. The van der Waals surface area contributed by atoms with Gasteiger partial charge in [-0.25, -0.2) is 0 Å². The minimum atomic E-state index is -1.12. The lowest BCUT2D eigenvalue weighted by Gasteiger charge is -2.40. The van der Waals surface area contributed by atoms with Crippen molar-refractivity contribution in [2.75, 3.05) is 19.6 Å². The van der Waals surface area contributed by atoms with Crippen LogP contribution in [0.4, 0.5) is 0 Å². The lowest BCUT2D eigenvalue weighted by atomic mass is 9.77. The maximum absolute atomic E-state index is 11.3. The summed E-state index contributed by atoms with van der Waals surface area (Å²) in [7, 11) is -1.12. The number of aliphatic carboxylic acids is 1. The van der Waals surface area contributed by atoms with Gasteiger partial charge in [0.15, 0.2) is 0 Å². The van der Waals surface area contributed by atoms with E-state index in [9.17, 15) is 9.90 Å². The second-order valence-corrected chi connectivity index (χ2v) is 7.84. The molecule has 0 bridgehead atoms. The van der Waals surface area contributed by atoms with Crippen LogP contribution in [0.1, 0.15) is 59.3 Å². The largest absolute Gasteiger partial charge is 0.481 e. The van der Waals surface area contributed by atoms with Gasteiger partial charge in [-0.1, -0.05) is 33.6 Å². The number of nitrogens with zero attached hydrogens (tertiary/aromatic N) is 1. The molecule has 1 aliphatic heterocycles. The minimum absolute atomic E-state index is 0.0892. The molecule has 1 saturated heterocycles. The third-order valence-corrected chi connectivity index (χ3v) is 5.29. The number of hydrogen-bond acceptors (Lipinski definition) is 4. The van der Waals surface area contributed by atoms with Gasteiger partial charge in [-0.2, -0.15) is 0 Å². The van der Waals surface area contributed by atoms with E-state index >= 15 is 0 Å². The number of hydrogen-bond donors (Lipinski definition) is 3. The van der Waals surface area contributed by atoms with E-state index in [1.54, 1.807) is 6.92 Å². The molecule has 134 valence electrons. The summed E-state index contributed by atoms with van der Waals surface area (Å²) in [6.45, 7) is 9.68. The second-order valence-electron chi connectivity index (χ2n) is 7.84. The van der Waals surface area contributed by atoms with Crippen LogP contribution in [0.5, 0.6) is 0 Å². The summed E-state index contributed by atoms with van der Waals surface area (Å²) in [6, 6.07) is 0. The molecule has 1 heterocycles. The van der Waals surface area contributed by atoms with Gasteiger partial charge in [0.25, 0.3) is 0 Å². The van der Waals surface area contributed by atoms with E-state index in [1.807, 2.05) is 0 Å². The Hall–Kier alpha value is -0.585. The Kier molecular flexibility index (Phi) is 8.58. The summed E-state index contributed by atoms with van der Waals surface area (Å²) in [4.78, 5) is 13.8. The highest BCUT2D eigenvalue weighted by molar-refractivity contribution is 6.40. The number of carboxylic acid groups (broad SMARTS) is 1. The molecule has 1 aliphatic carbocycles. The fourth-order valence-electron chi connectivity index (χ4n) is 3.42. The molecular formula is C17H34BNO4. The molecule has 1 saturated carbocycles. The summed E-state index contributed by atoms with van der Waals surface area (Å²) in [5.74, 6) is -0.275. The Morgan fingerprint density at radius 1 is 1.17 bits per heavy atom. The van der Waals surface area contributed by atoms with Crippen LogP contribution in [0.15, 0.2) is 0 Å². The Bertz CT molecular complexity index is 353. The van der Waals surface area contributed by atoms with E-state index in [4.69, 9.17) is 10.0 Å². The van der Waals surface area contributed by atoms with E-state index in [2.05, 4.69) is 18.7 Å². The van der Waals surface area contributed by atoms with E-state index in [0.717, 1.165) is 38.9 Å². The molecule has 0 aromatic rings. The SMILES string of the molecule is CC1(C)CCN(C[C@@H]2CCCC[C@@H]2C(=O)O)CC1.CCB(O)O. The molecule has 0 unspecified atom stereocenters. The van der Waals surface area contributed by atoms with Crippen LogP contribution in [-0.4, -0.2) is 52.8 Å². The van der Waals surface area contributed by atoms with Crippen molar-refractivity contribution in [3.63, 3.8) is 0 Å². The number of rotatable bonds is 4. The first kappa shape index (κ1) is 20.5. The smallest absolute Gasteiger partial charge is 0.451 e. The average Bonchev–Trinajstić information content (AvgIpc) is 2.50. The van der Waals surface area contributed by atoms with Gasteiger partial charge in [-0.05, 0) is 56.4 Å². The molecule has 2 atom stereocenters. The highest BCUT2D eigenvalue weighted by Gasteiger charge is 2.33. The van der Waals surface area contributed by atoms with E-state index in [0.29, 0.717) is 17.7 Å². The fourth-order valence-corrected chi connectivity index (χ4v) is 3.42. The Morgan fingerprint density at radius 3 is 2.17 bits per heavy atom. The zero-order valence-corrected chi connectivity index (χ0v) is 15.0. The highest BCUT2D eigenvalue weighted by atomic mass is 16.4. The van der Waals surface area contributed by atoms with Gasteiger partial charge in [0.1, 0.15) is 0 Å². The van der Waals surface area contributed by atoms with Gasteiger partial charge in [-0.3, -0.25) is 4.79 Å². The molecule has 2 fully saturated rings. The molecule has 5 nitrogen and oxygen atoms in total. The highest BCUT2D eigenvalue weighted by Crippen LogP contribution is 2.34. The summed E-state index contributed by atoms with van der Waals surface area (Å²) < 4.78 is 0. The van der Waals surface area contributed by atoms with Gasteiger partial charge in [0.05, 0.1) is 5.92 Å². The minimum Gasteiger partial charge on any atom is -0.481 e. The molecule has 6 heteroatoms. The first-order valence-electron chi connectivity index (χ1n) is 9.06. The lowest BCUT2D eigenvalue weighted by Crippen LogP contribution is -2.43. The summed E-state index contributed by atoms with van der Waals surface area (Å²) in [5.41, 5.74) is 0.481. The van der Waals surface area contributed by atoms with Crippen molar-refractivity contribution in [1.29, 1.82) is 0 Å². The van der Waals surface area contributed by atoms with Crippen LogP contribution in [0.25, 0.3) is 0 Å². The van der Waals surface area contributed by atoms with Gasteiger partial charge >= 0.3 is 13.1 Å². The molecule has 0 spiro atoms. The molecule has 0 amide bonds. The normalized spacial score (nSPS) is 27.7. The van der Waals surface area contributed by atoms with Gasteiger partial charge in [-0.15, -0.1) is 0 Å². The molecule has 0 aromatic carbocycles. The topological polar surface area (TPSA) is 81.0 Å². The van der Waals surface area contributed by atoms with Gasteiger partial charge in [0.2, 0.25) is 0 Å². The van der Waals surface area contributed by atoms with E-state index in [-0.39, 0.29) is 5.92 Å². The Morgan fingerprint density at radius 2 is 1.70 bits per heavy atom. The average molecular weight is 327 g/mol. The lowest BCUT2D eigenvalue weighted by molar-refractivity contribution is -0.145. The predicted octanol–water partition coefficient (Wildman–Crippen LogP) is 2.48. The van der Waals surface area contributed by atoms with Crippen molar-refractivity contribution in [2.24, 2.45) is 17.3 Å². The Balaban J connectivity index is 0.000000463. The molecular weight excluding hydrogens is 293 g/mol. The standard InChI is InChI=1S/C15H27NO2.C2H7BO2/c1-15(2)7-9-16(10-8-15)11-12-5-3-4-6-13(12)14(17)18;1-2-3(4)5/h12-13H,3-11H2,1-2H3,(H,17,18);4-5H,2H2,1H3/t12-,13-;/m0./s1. The zero-order valence-electron chi connectivity index (χ0n) is 15.0. The molecule has 23 heavy (non-hydrogen) atoms. The third-order valence-electron chi connectivity index (χ3n) is 5.29. The number of piperidine rings is 1. The molecule has 2 rings (SSSR count).